The molecule has 3 rings (SSSR count). The van der Waals surface area contributed by atoms with E-state index in [1.165, 1.54) is 0 Å². The third-order valence-electron chi connectivity index (χ3n) is 4.30. The number of rotatable bonds is 8. The molecule has 0 spiro atoms. The van der Waals surface area contributed by atoms with Crippen molar-refractivity contribution >= 4 is 34.8 Å². The number of ether oxygens (including phenoxy) is 1. The maximum Gasteiger partial charge on any atom is 0.336 e. The van der Waals surface area contributed by atoms with Gasteiger partial charge < -0.3 is 10.1 Å². The van der Waals surface area contributed by atoms with Crippen molar-refractivity contribution in [2.75, 3.05) is 11.9 Å². The molecule has 0 radical (unpaired) electrons. The van der Waals surface area contributed by atoms with Crippen LogP contribution in [0.1, 0.15) is 34.1 Å². The zero-order chi connectivity index (χ0) is 22.5. The molecule has 0 aliphatic carbocycles. The van der Waals surface area contributed by atoms with Crippen LogP contribution in [0.4, 0.5) is 5.69 Å². The van der Waals surface area contributed by atoms with Gasteiger partial charge >= 0.3 is 6.01 Å². The van der Waals surface area contributed by atoms with Crippen molar-refractivity contribution in [3.8, 4) is 23.1 Å². The number of hydrogen-bond acceptors (Lipinski definition) is 4. The summed E-state index contributed by atoms with van der Waals surface area (Å²) in [5, 5.41) is 8.34. The van der Waals surface area contributed by atoms with Crippen LogP contribution in [0, 0.1) is 11.8 Å². The smallest absolute Gasteiger partial charge is 0.336 e. The molecule has 0 saturated carbocycles. The number of halogens is 2. The van der Waals surface area contributed by atoms with E-state index in [0.717, 1.165) is 16.9 Å². The van der Waals surface area contributed by atoms with Gasteiger partial charge in [-0.15, -0.1) is 5.10 Å². The Labute approximate surface area is 192 Å². The Kier molecular flexibility index (Phi) is 7.57. The zero-order valence-corrected chi connectivity index (χ0v) is 19.5. The Bertz CT molecular complexity index is 1050. The van der Waals surface area contributed by atoms with Crippen LogP contribution in [0.5, 0.6) is 6.01 Å². The lowest BCUT2D eigenvalue weighted by molar-refractivity contribution is -0.116. The molecule has 1 N–H and O–H groups in total. The average Bonchev–Trinajstić information content (AvgIpc) is 3.13. The molecule has 1 aromatic heterocycles. The summed E-state index contributed by atoms with van der Waals surface area (Å²) in [5.74, 6) is 1.21. The first-order valence-corrected chi connectivity index (χ1v) is 10.9. The molecule has 0 aliphatic heterocycles. The second-order valence-electron chi connectivity index (χ2n) is 8.16. The summed E-state index contributed by atoms with van der Waals surface area (Å²) in [6.07, 6.45) is 0.475. The van der Waals surface area contributed by atoms with Gasteiger partial charge in [-0.05, 0) is 54.3 Å². The molecule has 0 bridgehead atoms. The molecule has 3 aromatic rings. The minimum Gasteiger partial charge on any atom is -0.462 e. The second-order valence-corrected chi connectivity index (χ2v) is 8.97. The highest BCUT2D eigenvalue weighted by Crippen LogP contribution is 2.30. The summed E-state index contributed by atoms with van der Waals surface area (Å²) in [6.45, 7) is 8.64. The van der Waals surface area contributed by atoms with E-state index in [2.05, 4.69) is 29.2 Å². The summed E-state index contributed by atoms with van der Waals surface area (Å²) in [7, 11) is 0. The van der Waals surface area contributed by atoms with E-state index < -0.39 is 0 Å². The van der Waals surface area contributed by atoms with Gasteiger partial charge in [-0.2, -0.15) is 4.98 Å². The average molecular weight is 461 g/mol. The van der Waals surface area contributed by atoms with E-state index >= 15 is 0 Å². The highest BCUT2D eigenvalue weighted by atomic mass is 35.5. The number of amides is 1. The van der Waals surface area contributed by atoms with Crippen molar-refractivity contribution in [2.24, 2.45) is 11.8 Å². The minimum atomic E-state index is -0.00984. The predicted octanol–water partition coefficient (Wildman–Crippen LogP) is 6.26. The van der Waals surface area contributed by atoms with Crippen LogP contribution in [-0.2, 0) is 4.79 Å². The van der Waals surface area contributed by atoms with Crippen LogP contribution in [0.3, 0.4) is 0 Å². The molecule has 8 heteroatoms. The van der Waals surface area contributed by atoms with Gasteiger partial charge in [0.25, 0.3) is 0 Å². The number of benzene rings is 2. The summed E-state index contributed by atoms with van der Waals surface area (Å²) >= 11 is 12.3. The molecular formula is C23H26Cl2N4O2. The SMILES string of the molecule is CC(C)COc1nc(-c2ccc(Cl)c(Cl)c2)n(-c2ccc(NC(=O)CC(C)C)cc2)n1. The fourth-order valence-electron chi connectivity index (χ4n) is 2.87. The Morgan fingerprint density at radius 2 is 1.74 bits per heavy atom. The standard InChI is InChI=1S/C23H26Cl2N4O2/c1-14(2)11-21(30)26-17-6-8-18(9-7-17)29-22(16-5-10-19(24)20(25)12-16)27-23(28-29)31-13-15(3)4/h5-10,12,14-15H,11,13H2,1-4H3,(H,26,30). The number of hydrogen-bond donors (Lipinski definition) is 1. The number of carbonyl (C=O) groups excluding carboxylic acids is 1. The van der Waals surface area contributed by atoms with Crippen LogP contribution in [0.25, 0.3) is 17.1 Å². The number of nitrogens with one attached hydrogen (secondary N) is 1. The summed E-state index contributed by atoms with van der Waals surface area (Å²) in [6, 6.07) is 13.0. The highest BCUT2D eigenvalue weighted by molar-refractivity contribution is 6.42. The summed E-state index contributed by atoms with van der Waals surface area (Å²) in [5.41, 5.74) is 2.26. The molecule has 0 saturated heterocycles. The lowest BCUT2D eigenvalue weighted by Crippen LogP contribution is -2.13. The molecule has 1 amide bonds. The van der Waals surface area contributed by atoms with Gasteiger partial charge in [0.1, 0.15) is 0 Å². The van der Waals surface area contributed by atoms with Crippen LogP contribution in [0.2, 0.25) is 10.0 Å². The molecule has 31 heavy (non-hydrogen) atoms. The lowest BCUT2D eigenvalue weighted by atomic mass is 10.1. The van der Waals surface area contributed by atoms with E-state index in [1.807, 2.05) is 44.2 Å². The molecule has 0 unspecified atom stereocenters. The molecular weight excluding hydrogens is 435 g/mol. The Hall–Kier alpha value is -2.57. The Morgan fingerprint density at radius 3 is 2.35 bits per heavy atom. The van der Waals surface area contributed by atoms with Gasteiger partial charge in [-0.25, -0.2) is 4.68 Å². The first kappa shape index (κ1) is 23.1. The second kappa shape index (κ2) is 10.2. The molecule has 1 heterocycles. The molecule has 0 aliphatic rings. The topological polar surface area (TPSA) is 69.0 Å². The van der Waals surface area contributed by atoms with Crippen LogP contribution in [0.15, 0.2) is 42.5 Å². The quantitative estimate of drug-likeness (QED) is 0.430. The van der Waals surface area contributed by atoms with Gasteiger partial charge in [-0.3, -0.25) is 4.79 Å². The fraction of sp³-hybridized carbons (Fsp3) is 0.348. The third kappa shape index (κ3) is 6.21. The van der Waals surface area contributed by atoms with Crippen molar-refractivity contribution in [1.29, 1.82) is 0 Å². The molecule has 164 valence electrons. The Balaban J connectivity index is 1.92. The van der Waals surface area contributed by atoms with Gasteiger partial charge in [0.2, 0.25) is 5.91 Å². The van der Waals surface area contributed by atoms with E-state index in [1.54, 1.807) is 16.8 Å². The number of carbonyl (C=O) groups is 1. The predicted molar refractivity (Wildman–Crippen MR) is 125 cm³/mol. The maximum atomic E-state index is 12.0. The van der Waals surface area contributed by atoms with E-state index in [-0.39, 0.29) is 11.9 Å². The highest BCUT2D eigenvalue weighted by Gasteiger charge is 2.16. The summed E-state index contributed by atoms with van der Waals surface area (Å²) in [4.78, 5) is 16.6. The van der Waals surface area contributed by atoms with E-state index in [0.29, 0.717) is 40.7 Å². The first-order valence-electron chi connectivity index (χ1n) is 10.2. The first-order chi connectivity index (χ1) is 14.7. The normalized spacial score (nSPS) is 11.2. The molecule has 6 nitrogen and oxygen atoms in total. The maximum absolute atomic E-state index is 12.0. The number of anilines is 1. The largest absolute Gasteiger partial charge is 0.462 e. The molecule has 2 aromatic carbocycles. The third-order valence-corrected chi connectivity index (χ3v) is 5.04. The van der Waals surface area contributed by atoms with Gasteiger partial charge in [0.15, 0.2) is 5.82 Å². The lowest BCUT2D eigenvalue weighted by Gasteiger charge is -2.09. The van der Waals surface area contributed by atoms with Crippen molar-refractivity contribution in [3.05, 3.63) is 52.5 Å². The van der Waals surface area contributed by atoms with Crippen molar-refractivity contribution < 1.29 is 9.53 Å². The van der Waals surface area contributed by atoms with Crippen LogP contribution in [-0.4, -0.2) is 27.3 Å². The van der Waals surface area contributed by atoms with Crippen molar-refractivity contribution in [2.45, 2.75) is 34.1 Å². The van der Waals surface area contributed by atoms with Crippen LogP contribution >= 0.6 is 23.2 Å². The number of nitrogens with zero attached hydrogens (tertiary/aromatic N) is 3. The van der Waals surface area contributed by atoms with Gasteiger partial charge in [-0.1, -0.05) is 50.9 Å². The number of aromatic nitrogens is 3. The van der Waals surface area contributed by atoms with Gasteiger partial charge in [0.05, 0.1) is 22.3 Å². The van der Waals surface area contributed by atoms with Crippen molar-refractivity contribution in [3.63, 3.8) is 0 Å². The minimum absolute atomic E-state index is 0.00984. The zero-order valence-electron chi connectivity index (χ0n) is 18.0. The van der Waals surface area contributed by atoms with Crippen molar-refractivity contribution in [1.82, 2.24) is 14.8 Å². The Morgan fingerprint density at radius 1 is 1.03 bits per heavy atom. The monoisotopic (exact) mass is 460 g/mol. The summed E-state index contributed by atoms with van der Waals surface area (Å²) < 4.78 is 7.43. The van der Waals surface area contributed by atoms with E-state index in [9.17, 15) is 4.79 Å². The van der Waals surface area contributed by atoms with E-state index in [4.69, 9.17) is 27.9 Å². The van der Waals surface area contributed by atoms with Crippen LogP contribution < -0.4 is 10.1 Å². The van der Waals surface area contributed by atoms with Gasteiger partial charge in [0, 0.05) is 17.7 Å². The molecule has 0 fully saturated rings. The fourth-order valence-corrected chi connectivity index (χ4v) is 3.16. The molecule has 0 atom stereocenters.